The fourth-order valence-electron chi connectivity index (χ4n) is 3.64. The lowest BCUT2D eigenvalue weighted by Gasteiger charge is -2.34. The molecule has 0 saturated carbocycles. The standard InChI is InChI=1S/C21H20N4O5/c1-30-19-7-3-6-17-16(19)13-18(22-17)21(27)24-10-8-23(9-11-24)20(26)14-4-2-5-15(12-14)25(28)29/h2-7,12-13,22H,8-11H2,1H3. The number of nitrogens with zero attached hydrogens (tertiary/aromatic N) is 3. The number of rotatable bonds is 4. The van der Waals surface area contributed by atoms with Crippen molar-refractivity contribution in [2.24, 2.45) is 0 Å². The first-order chi connectivity index (χ1) is 14.5. The highest BCUT2D eigenvalue weighted by Crippen LogP contribution is 2.26. The number of amides is 2. The van der Waals surface area contributed by atoms with E-state index in [2.05, 4.69) is 4.98 Å². The van der Waals surface area contributed by atoms with Crippen LogP contribution in [0, 0.1) is 10.1 Å². The topological polar surface area (TPSA) is 109 Å². The molecule has 1 N–H and O–H groups in total. The third kappa shape index (κ3) is 3.57. The fourth-order valence-corrected chi connectivity index (χ4v) is 3.64. The van der Waals surface area contributed by atoms with E-state index in [4.69, 9.17) is 4.74 Å². The Kier molecular flexibility index (Phi) is 5.09. The van der Waals surface area contributed by atoms with Gasteiger partial charge >= 0.3 is 0 Å². The van der Waals surface area contributed by atoms with Crippen LogP contribution in [0.2, 0.25) is 0 Å². The summed E-state index contributed by atoms with van der Waals surface area (Å²) in [6.07, 6.45) is 0. The Balaban J connectivity index is 1.44. The van der Waals surface area contributed by atoms with Gasteiger partial charge in [-0.25, -0.2) is 0 Å². The zero-order valence-electron chi connectivity index (χ0n) is 16.3. The first-order valence-electron chi connectivity index (χ1n) is 9.46. The van der Waals surface area contributed by atoms with Gasteiger partial charge in [-0.05, 0) is 24.3 Å². The number of ether oxygens (including phenoxy) is 1. The van der Waals surface area contributed by atoms with E-state index in [0.717, 1.165) is 10.9 Å². The third-order valence-corrected chi connectivity index (χ3v) is 5.23. The van der Waals surface area contributed by atoms with Crippen LogP contribution in [-0.4, -0.2) is 64.8 Å². The number of aromatic amines is 1. The Morgan fingerprint density at radius 1 is 1.00 bits per heavy atom. The van der Waals surface area contributed by atoms with Crippen LogP contribution < -0.4 is 4.74 Å². The van der Waals surface area contributed by atoms with E-state index in [9.17, 15) is 19.7 Å². The van der Waals surface area contributed by atoms with Gasteiger partial charge in [0.1, 0.15) is 11.4 Å². The molecule has 1 saturated heterocycles. The monoisotopic (exact) mass is 408 g/mol. The number of H-pyrrole nitrogens is 1. The van der Waals surface area contributed by atoms with Crippen LogP contribution in [-0.2, 0) is 0 Å². The summed E-state index contributed by atoms with van der Waals surface area (Å²) < 4.78 is 5.34. The lowest BCUT2D eigenvalue weighted by molar-refractivity contribution is -0.384. The summed E-state index contributed by atoms with van der Waals surface area (Å²) in [7, 11) is 1.58. The van der Waals surface area contributed by atoms with E-state index in [1.54, 1.807) is 29.0 Å². The maximum absolute atomic E-state index is 12.9. The van der Waals surface area contributed by atoms with Crippen molar-refractivity contribution in [3.05, 3.63) is 69.9 Å². The zero-order chi connectivity index (χ0) is 21.3. The Morgan fingerprint density at radius 3 is 2.33 bits per heavy atom. The van der Waals surface area contributed by atoms with Gasteiger partial charge in [-0.15, -0.1) is 0 Å². The fraction of sp³-hybridized carbons (Fsp3) is 0.238. The minimum Gasteiger partial charge on any atom is -0.496 e. The number of carbonyl (C=O) groups excluding carboxylic acids is 2. The Morgan fingerprint density at radius 2 is 1.67 bits per heavy atom. The van der Waals surface area contributed by atoms with E-state index in [-0.39, 0.29) is 23.1 Å². The molecule has 1 aliphatic rings. The smallest absolute Gasteiger partial charge is 0.270 e. The summed E-state index contributed by atoms with van der Waals surface area (Å²) in [5.74, 6) is 0.270. The summed E-state index contributed by atoms with van der Waals surface area (Å²) in [6.45, 7) is 1.48. The number of aromatic nitrogens is 1. The summed E-state index contributed by atoms with van der Waals surface area (Å²) in [6, 6.07) is 13.0. The number of piperazine rings is 1. The van der Waals surface area contributed by atoms with Gasteiger partial charge in [-0.1, -0.05) is 12.1 Å². The number of nitrogens with one attached hydrogen (secondary N) is 1. The van der Waals surface area contributed by atoms with Crippen LogP contribution >= 0.6 is 0 Å². The van der Waals surface area contributed by atoms with Gasteiger partial charge in [0.15, 0.2) is 0 Å². The molecule has 0 unspecified atom stereocenters. The van der Waals surface area contributed by atoms with Gasteiger partial charge in [0.2, 0.25) is 0 Å². The second kappa shape index (κ2) is 7.86. The van der Waals surface area contributed by atoms with Crippen molar-refractivity contribution in [1.29, 1.82) is 0 Å². The molecule has 9 nitrogen and oxygen atoms in total. The molecular formula is C21H20N4O5. The van der Waals surface area contributed by atoms with Crippen LogP contribution in [0.3, 0.4) is 0 Å². The van der Waals surface area contributed by atoms with Crippen molar-refractivity contribution in [3.63, 3.8) is 0 Å². The van der Waals surface area contributed by atoms with Crippen LogP contribution in [0.5, 0.6) is 5.75 Å². The summed E-state index contributed by atoms with van der Waals surface area (Å²) in [4.78, 5) is 42.4. The van der Waals surface area contributed by atoms with Gasteiger partial charge in [0.05, 0.1) is 12.0 Å². The van der Waals surface area contributed by atoms with Gasteiger partial charge in [0.25, 0.3) is 17.5 Å². The van der Waals surface area contributed by atoms with Crippen LogP contribution in [0.1, 0.15) is 20.8 Å². The molecule has 0 bridgehead atoms. The SMILES string of the molecule is COc1cccc2[nH]c(C(=O)N3CCN(C(=O)c4cccc([N+](=O)[O-])c4)CC3)cc12. The van der Waals surface area contributed by atoms with Gasteiger partial charge in [-0.3, -0.25) is 19.7 Å². The molecule has 1 aliphatic heterocycles. The molecule has 0 spiro atoms. The van der Waals surface area contributed by atoms with Crippen molar-refractivity contribution in [2.45, 2.75) is 0 Å². The first-order valence-corrected chi connectivity index (χ1v) is 9.46. The Hall–Kier alpha value is -3.88. The molecule has 1 aromatic heterocycles. The molecule has 0 radical (unpaired) electrons. The predicted molar refractivity (Wildman–Crippen MR) is 110 cm³/mol. The Labute approximate surface area is 172 Å². The molecule has 3 aromatic rings. The maximum Gasteiger partial charge on any atom is 0.270 e. The normalized spacial score (nSPS) is 14.0. The molecule has 2 amide bonds. The highest BCUT2D eigenvalue weighted by Gasteiger charge is 2.27. The average molecular weight is 408 g/mol. The number of carbonyl (C=O) groups is 2. The number of fused-ring (bicyclic) bond motifs is 1. The van der Waals surface area contributed by atoms with Crippen molar-refractivity contribution in [1.82, 2.24) is 14.8 Å². The number of non-ortho nitro benzene ring substituents is 1. The molecular weight excluding hydrogens is 388 g/mol. The number of hydrogen-bond donors (Lipinski definition) is 1. The summed E-state index contributed by atoms with van der Waals surface area (Å²) >= 11 is 0. The van der Waals surface area contributed by atoms with Crippen LogP contribution in [0.15, 0.2) is 48.5 Å². The molecule has 2 heterocycles. The first kappa shape index (κ1) is 19.4. The number of nitro groups is 1. The van der Waals surface area contributed by atoms with E-state index in [1.807, 2.05) is 18.2 Å². The van der Waals surface area contributed by atoms with Crippen molar-refractivity contribution in [2.75, 3.05) is 33.3 Å². The average Bonchev–Trinajstić information content (AvgIpc) is 3.22. The molecule has 0 aliphatic carbocycles. The molecule has 4 rings (SSSR count). The summed E-state index contributed by atoms with van der Waals surface area (Å²) in [5, 5.41) is 11.8. The van der Waals surface area contributed by atoms with Gasteiger partial charge in [0, 0.05) is 54.8 Å². The van der Waals surface area contributed by atoms with E-state index in [1.165, 1.54) is 18.2 Å². The lowest BCUT2D eigenvalue weighted by Crippen LogP contribution is -2.50. The van der Waals surface area contributed by atoms with Crippen LogP contribution in [0.4, 0.5) is 5.69 Å². The number of nitro benzene ring substituents is 1. The van der Waals surface area contributed by atoms with Crippen LogP contribution in [0.25, 0.3) is 10.9 Å². The second-order valence-electron chi connectivity index (χ2n) is 7.00. The van der Waals surface area contributed by atoms with E-state index < -0.39 is 4.92 Å². The molecule has 0 atom stereocenters. The van der Waals surface area contributed by atoms with Crippen molar-refractivity contribution >= 4 is 28.4 Å². The highest BCUT2D eigenvalue weighted by atomic mass is 16.6. The molecule has 154 valence electrons. The maximum atomic E-state index is 12.9. The van der Waals surface area contributed by atoms with Crippen molar-refractivity contribution in [3.8, 4) is 5.75 Å². The number of methoxy groups -OCH3 is 1. The molecule has 30 heavy (non-hydrogen) atoms. The minimum atomic E-state index is -0.525. The number of benzene rings is 2. The molecule has 9 heteroatoms. The predicted octanol–water partition coefficient (Wildman–Crippen LogP) is 2.68. The second-order valence-corrected chi connectivity index (χ2v) is 7.00. The third-order valence-electron chi connectivity index (χ3n) is 5.23. The van der Waals surface area contributed by atoms with E-state index in [0.29, 0.717) is 37.6 Å². The van der Waals surface area contributed by atoms with E-state index >= 15 is 0 Å². The molecule has 1 fully saturated rings. The van der Waals surface area contributed by atoms with Gasteiger partial charge in [-0.2, -0.15) is 0 Å². The quantitative estimate of drug-likeness (QED) is 0.527. The largest absolute Gasteiger partial charge is 0.496 e. The highest BCUT2D eigenvalue weighted by molar-refractivity contribution is 6.00. The minimum absolute atomic E-state index is 0.121. The molecule has 2 aromatic carbocycles. The summed E-state index contributed by atoms with van der Waals surface area (Å²) in [5.41, 5.74) is 1.43. The van der Waals surface area contributed by atoms with Crippen molar-refractivity contribution < 1.29 is 19.2 Å². The van der Waals surface area contributed by atoms with Gasteiger partial charge < -0.3 is 19.5 Å². The number of hydrogen-bond acceptors (Lipinski definition) is 5. The zero-order valence-corrected chi connectivity index (χ0v) is 16.3. The Bertz CT molecular complexity index is 1130. The lowest BCUT2D eigenvalue weighted by atomic mass is 10.1.